The van der Waals surface area contributed by atoms with Gasteiger partial charge in [0.1, 0.15) is 16.4 Å². The monoisotopic (exact) mass is 266 g/mol. The summed E-state index contributed by atoms with van der Waals surface area (Å²) in [7, 11) is 1.72. The largest absolute Gasteiger partial charge is 0.477 e. The predicted octanol–water partition coefficient (Wildman–Crippen LogP) is 1.80. The molecule has 6 nitrogen and oxygen atoms in total. The van der Waals surface area contributed by atoms with Crippen molar-refractivity contribution in [3.63, 3.8) is 0 Å². The first-order valence-electron chi connectivity index (χ1n) is 5.40. The van der Waals surface area contributed by atoms with Crippen LogP contribution in [0.4, 0.5) is 5.82 Å². The van der Waals surface area contributed by atoms with E-state index in [1.165, 1.54) is 0 Å². The Morgan fingerprint density at radius 2 is 2.28 bits per heavy atom. The molecule has 0 amide bonds. The molecule has 7 heteroatoms. The van der Waals surface area contributed by atoms with Crippen LogP contribution in [0.1, 0.15) is 26.8 Å². The van der Waals surface area contributed by atoms with E-state index < -0.39 is 5.97 Å². The van der Waals surface area contributed by atoms with Crippen molar-refractivity contribution in [1.29, 1.82) is 0 Å². The molecule has 0 aromatic carbocycles. The molecule has 18 heavy (non-hydrogen) atoms. The van der Waals surface area contributed by atoms with Crippen LogP contribution in [-0.2, 0) is 13.6 Å². The maximum atomic E-state index is 11.2. The Kier molecular flexibility index (Phi) is 3.33. The summed E-state index contributed by atoms with van der Waals surface area (Å²) in [6.07, 6.45) is 0. The lowest BCUT2D eigenvalue weighted by atomic mass is 10.2. The highest BCUT2D eigenvalue weighted by molar-refractivity contribution is 7.09. The molecule has 0 aliphatic carbocycles. The van der Waals surface area contributed by atoms with Crippen molar-refractivity contribution in [3.8, 4) is 0 Å². The van der Waals surface area contributed by atoms with E-state index in [4.69, 9.17) is 5.11 Å². The smallest absolute Gasteiger partial charge is 0.341 e. The summed E-state index contributed by atoms with van der Waals surface area (Å²) in [5.41, 5.74) is 1.69. The molecule has 0 fully saturated rings. The minimum absolute atomic E-state index is 0.214. The number of hydrogen-bond donors (Lipinski definition) is 2. The number of hydrogen-bond acceptors (Lipinski definition) is 5. The summed E-state index contributed by atoms with van der Waals surface area (Å²) >= 11 is 1.54. The molecule has 2 heterocycles. The Hall–Kier alpha value is -1.89. The summed E-state index contributed by atoms with van der Waals surface area (Å²) in [6.45, 7) is 4.11. The van der Waals surface area contributed by atoms with Crippen molar-refractivity contribution in [2.24, 2.45) is 7.05 Å². The third kappa shape index (κ3) is 2.35. The van der Waals surface area contributed by atoms with E-state index in [9.17, 15) is 4.79 Å². The highest BCUT2D eigenvalue weighted by Gasteiger charge is 2.19. The molecule has 0 radical (unpaired) electrons. The molecule has 0 aliphatic rings. The molecule has 0 saturated carbocycles. The van der Waals surface area contributed by atoms with Crippen LogP contribution in [0.5, 0.6) is 0 Å². The molecular weight excluding hydrogens is 252 g/mol. The molecule has 2 aromatic heterocycles. The Bertz CT molecular complexity index is 588. The van der Waals surface area contributed by atoms with Gasteiger partial charge in [-0.3, -0.25) is 4.68 Å². The first-order valence-corrected chi connectivity index (χ1v) is 6.28. The van der Waals surface area contributed by atoms with Crippen LogP contribution in [0.3, 0.4) is 0 Å². The molecule has 2 aromatic rings. The number of nitrogens with one attached hydrogen (secondary N) is 1. The van der Waals surface area contributed by atoms with E-state index in [1.807, 2.05) is 12.3 Å². The highest BCUT2D eigenvalue weighted by atomic mass is 32.1. The zero-order valence-electron chi connectivity index (χ0n) is 10.4. The second-order valence-corrected chi connectivity index (χ2v) is 4.92. The van der Waals surface area contributed by atoms with E-state index in [2.05, 4.69) is 15.4 Å². The number of aromatic carboxylic acids is 1. The van der Waals surface area contributed by atoms with Crippen molar-refractivity contribution in [2.75, 3.05) is 5.32 Å². The number of anilines is 1. The van der Waals surface area contributed by atoms with Crippen molar-refractivity contribution >= 4 is 23.1 Å². The van der Waals surface area contributed by atoms with Gasteiger partial charge in [0.05, 0.1) is 12.2 Å². The third-order valence-corrected chi connectivity index (χ3v) is 3.48. The maximum Gasteiger partial charge on any atom is 0.341 e. The molecule has 96 valence electrons. The van der Waals surface area contributed by atoms with Gasteiger partial charge in [-0.25, -0.2) is 9.78 Å². The SMILES string of the molecule is Cc1csc(CNc2c(C(=O)O)c(C)nn2C)n1. The second-order valence-electron chi connectivity index (χ2n) is 3.97. The van der Waals surface area contributed by atoms with Gasteiger partial charge >= 0.3 is 5.97 Å². The van der Waals surface area contributed by atoms with E-state index in [1.54, 1.807) is 30.0 Å². The van der Waals surface area contributed by atoms with Crippen LogP contribution in [0.15, 0.2) is 5.38 Å². The third-order valence-electron chi connectivity index (χ3n) is 2.51. The lowest BCUT2D eigenvalue weighted by molar-refractivity contribution is 0.0697. The second kappa shape index (κ2) is 4.77. The number of nitrogens with zero attached hydrogens (tertiary/aromatic N) is 3. The highest BCUT2D eigenvalue weighted by Crippen LogP contribution is 2.20. The van der Waals surface area contributed by atoms with Gasteiger partial charge in [0.2, 0.25) is 0 Å². The number of carboxylic acids is 1. The van der Waals surface area contributed by atoms with Crippen LogP contribution >= 0.6 is 11.3 Å². The molecule has 2 N–H and O–H groups in total. The molecule has 0 unspecified atom stereocenters. The molecule has 2 rings (SSSR count). The van der Waals surface area contributed by atoms with Gasteiger partial charge in [-0.1, -0.05) is 0 Å². The fourth-order valence-corrected chi connectivity index (χ4v) is 2.47. The van der Waals surface area contributed by atoms with Gasteiger partial charge in [0.15, 0.2) is 0 Å². The number of carboxylic acid groups (broad SMARTS) is 1. The minimum atomic E-state index is -0.974. The van der Waals surface area contributed by atoms with Crippen LogP contribution in [-0.4, -0.2) is 25.8 Å². The van der Waals surface area contributed by atoms with Gasteiger partial charge in [-0.15, -0.1) is 11.3 Å². The summed E-state index contributed by atoms with van der Waals surface area (Å²) in [5, 5.41) is 19.2. The van der Waals surface area contributed by atoms with Gasteiger partial charge in [-0.05, 0) is 13.8 Å². The molecule has 0 bridgehead atoms. The Morgan fingerprint density at radius 1 is 1.56 bits per heavy atom. The molecular formula is C11H14N4O2S. The zero-order chi connectivity index (χ0) is 13.3. The molecule has 0 spiro atoms. The van der Waals surface area contributed by atoms with Gasteiger partial charge < -0.3 is 10.4 Å². The van der Waals surface area contributed by atoms with E-state index >= 15 is 0 Å². The first kappa shape index (κ1) is 12.6. The van der Waals surface area contributed by atoms with Crippen molar-refractivity contribution in [2.45, 2.75) is 20.4 Å². The first-order chi connectivity index (χ1) is 8.49. The lowest BCUT2D eigenvalue weighted by Gasteiger charge is -2.05. The maximum absolute atomic E-state index is 11.2. The van der Waals surface area contributed by atoms with Crippen LogP contribution < -0.4 is 5.32 Å². The predicted molar refractivity (Wildman–Crippen MR) is 69.1 cm³/mol. The van der Waals surface area contributed by atoms with Gasteiger partial charge in [-0.2, -0.15) is 5.10 Å². The quantitative estimate of drug-likeness (QED) is 0.882. The summed E-state index contributed by atoms with van der Waals surface area (Å²) < 4.78 is 1.54. The van der Waals surface area contributed by atoms with Crippen LogP contribution in [0.25, 0.3) is 0 Å². The summed E-state index contributed by atoms with van der Waals surface area (Å²) in [4.78, 5) is 15.5. The van der Waals surface area contributed by atoms with Crippen molar-refractivity contribution in [3.05, 3.63) is 27.3 Å². The number of thiazole rings is 1. The van der Waals surface area contributed by atoms with Crippen LogP contribution in [0.2, 0.25) is 0 Å². The lowest BCUT2D eigenvalue weighted by Crippen LogP contribution is -2.08. The number of carbonyl (C=O) groups is 1. The average Bonchev–Trinajstić information content (AvgIpc) is 2.79. The molecule has 0 saturated heterocycles. The molecule has 0 atom stereocenters. The fraction of sp³-hybridized carbons (Fsp3) is 0.364. The Balaban J connectivity index is 2.21. The Morgan fingerprint density at radius 3 is 2.83 bits per heavy atom. The average molecular weight is 266 g/mol. The van der Waals surface area contributed by atoms with E-state index in [0.717, 1.165) is 10.7 Å². The van der Waals surface area contributed by atoms with E-state index in [-0.39, 0.29) is 5.56 Å². The van der Waals surface area contributed by atoms with Crippen molar-refractivity contribution < 1.29 is 9.90 Å². The normalized spacial score (nSPS) is 10.6. The van der Waals surface area contributed by atoms with Crippen LogP contribution in [0, 0.1) is 13.8 Å². The summed E-state index contributed by atoms with van der Waals surface area (Å²) in [5.74, 6) is -0.466. The summed E-state index contributed by atoms with van der Waals surface area (Å²) in [6, 6.07) is 0. The Labute approximate surface area is 108 Å². The molecule has 0 aliphatic heterocycles. The van der Waals surface area contributed by atoms with Crippen molar-refractivity contribution in [1.82, 2.24) is 14.8 Å². The number of aromatic nitrogens is 3. The topological polar surface area (TPSA) is 80.0 Å². The van der Waals surface area contributed by atoms with E-state index in [0.29, 0.717) is 18.1 Å². The van der Waals surface area contributed by atoms with Gasteiger partial charge in [0, 0.05) is 18.1 Å². The number of rotatable bonds is 4. The minimum Gasteiger partial charge on any atom is -0.477 e. The standard InChI is InChI=1S/C11H14N4O2S/c1-6-5-18-8(13-6)4-12-10-9(11(16)17)7(2)14-15(10)3/h5,12H,4H2,1-3H3,(H,16,17). The zero-order valence-corrected chi connectivity index (χ0v) is 11.2. The van der Waals surface area contributed by atoms with Gasteiger partial charge in [0.25, 0.3) is 0 Å². The number of aryl methyl sites for hydroxylation is 3. The fourth-order valence-electron chi connectivity index (χ4n) is 1.76.